The third-order valence-electron chi connectivity index (χ3n) is 8.81. The highest BCUT2D eigenvalue weighted by Gasteiger charge is 2.58. The first-order valence-electron chi connectivity index (χ1n) is 12.1. The molecule has 5 rings (SSSR count). The molecule has 0 radical (unpaired) electrons. The molecule has 0 amide bonds. The van der Waals surface area contributed by atoms with Crippen molar-refractivity contribution in [3.05, 3.63) is 0 Å². The van der Waals surface area contributed by atoms with E-state index in [1.807, 2.05) is 20.8 Å². The Kier molecular flexibility index (Phi) is 14.9. The zero-order chi connectivity index (χ0) is 23.5. The summed E-state index contributed by atoms with van der Waals surface area (Å²) in [5.41, 5.74) is -2.34. The van der Waals surface area contributed by atoms with Crippen LogP contribution in [0.1, 0.15) is 131 Å². The number of carbonyl (C=O) groups excluding carboxylic acids is 4. The first-order valence-corrected chi connectivity index (χ1v) is 12.1. The predicted octanol–water partition coefficient (Wildman–Crippen LogP) is 7.78. The van der Waals surface area contributed by atoms with Crippen LogP contribution in [0.4, 0.5) is 0 Å². The third-order valence-corrected chi connectivity index (χ3v) is 8.81. The lowest BCUT2D eigenvalue weighted by atomic mass is 9.50. The van der Waals surface area contributed by atoms with E-state index in [0.717, 1.165) is 37.5 Å². The molecule has 0 aromatic rings. The maximum absolute atomic E-state index is 13.4. The second-order valence-corrected chi connectivity index (χ2v) is 11.7. The van der Waals surface area contributed by atoms with Gasteiger partial charge in [-0.15, -0.1) is 0 Å². The van der Waals surface area contributed by atoms with Gasteiger partial charge in [0.25, 0.3) is 0 Å². The summed E-state index contributed by atoms with van der Waals surface area (Å²) in [6, 6.07) is 0. The number of esters is 4. The lowest BCUT2D eigenvalue weighted by molar-refractivity contribution is -0.212. The molecule has 4 aliphatic carbocycles. The van der Waals surface area contributed by atoms with Crippen LogP contribution in [0.2, 0.25) is 0 Å². The Labute approximate surface area is 234 Å². The Balaban J connectivity index is -0.00000204. The van der Waals surface area contributed by atoms with E-state index in [1.165, 1.54) is 6.42 Å². The van der Waals surface area contributed by atoms with Crippen molar-refractivity contribution in [2.45, 2.75) is 142 Å². The van der Waals surface area contributed by atoms with Crippen LogP contribution in [0.5, 0.6) is 0 Å². The van der Waals surface area contributed by atoms with Crippen LogP contribution in [0.25, 0.3) is 0 Å². The molecule has 1 aliphatic heterocycles. The first-order chi connectivity index (χ1) is 14.9. The maximum atomic E-state index is 13.4. The van der Waals surface area contributed by atoms with E-state index >= 15 is 0 Å². The van der Waals surface area contributed by atoms with E-state index in [-0.39, 0.29) is 63.4 Å². The quantitative estimate of drug-likeness (QED) is 0.183. The lowest BCUT2D eigenvalue weighted by Crippen LogP contribution is -2.59. The maximum Gasteiger partial charge on any atom is 0.355 e. The summed E-state index contributed by atoms with van der Waals surface area (Å²) in [5.74, 6) is -0.00375. The summed E-state index contributed by atoms with van der Waals surface area (Å²) < 4.78 is 16.1. The highest BCUT2D eigenvalue weighted by atomic mass is 16.6. The molecule has 1 heterocycles. The van der Waals surface area contributed by atoms with Gasteiger partial charge >= 0.3 is 23.9 Å². The van der Waals surface area contributed by atoms with E-state index in [1.54, 1.807) is 6.92 Å². The zero-order valence-corrected chi connectivity index (χ0v) is 19.9. The fourth-order valence-corrected chi connectivity index (χ4v) is 6.83. The number of ether oxygens (including phenoxy) is 3. The minimum atomic E-state index is -1.21. The number of carbonyl (C=O) groups is 4. The van der Waals surface area contributed by atoms with Gasteiger partial charge in [0.15, 0.2) is 0 Å². The third kappa shape index (κ3) is 7.18. The molecule has 7 heteroatoms. The van der Waals surface area contributed by atoms with Crippen LogP contribution < -0.4 is 0 Å². The fourth-order valence-electron chi connectivity index (χ4n) is 6.83. The Hall–Kier alpha value is -1.92. The van der Waals surface area contributed by atoms with Gasteiger partial charge in [0.05, 0.1) is 17.3 Å². The van der Waals surface area contributed by atoms with Crippen LogP contribution in [0.3, 0.4) is 0 Å². The topological polar surface area (TPSA) is 96.0 Å². The fraction of sp³-hybridized carbons (Fsp3) is 0.871. The van der Waals surface area contributed by atoms with Crippen LogP contribution in [-0.4, -0.2) is 35.6 Å². The van der Waals surface area contributed by atoms with Crippen LogP contribution >= 0.6 is 0 Å². The molecule has 1 saturated heterocycles. The van der Waals surface area contributed by atoms with E-state index in [9.17, 15) is 19.2 Å². The summed E-state index contributed by atoms with van der Waals surface area (Å²) >= 11 is 0. The van der Waals surface area contributed by atoms with Crippen LogP contribution in [-0.2, 0) is 33.4 Å². The molecule has 226 valence electrons. The highest BCUT2D eigenvalue weighted by molar-refractivity contribution is 5.97. The van der Waals surface area contributed by atoms with Gasteiger partial charge in [-0.05, 0) is 96.3 Å². The summed E-state index contributed by atoms with van der Waals surface area (Å²) in [7, 11) is 0. The number of cyclic esters (lactones) is 2. The molecule has 2 atom stereocenters. The van der Waals surface area contributed by atoms with Crippen LogP contribution in [0.15, 0.2) is 0 Å². The standard InChI is InChI=1S/C25H36O7.6CH4/c1-6-24(4,22(29)30-18-12-19(26)31-20(18)27)13-23(2,3)21(28)32-25(5)16-8-14-7-15(10-16)11-17(25)9-14;;;;;;/h14-18H,6-13H2,1-5H3;6*1H4. The van der Waals surface area contributed by atoms with E-state index in [0.29, 0.717) is 18.3 Å². The molecule has 5 aliphatic rings. The second-order valence-electron chi connectivity index (χ2n) is 11.7. The molecule has 7 nitrogen and oxygen atoms in total. The highest BCUT2D eigenvalue weighted by Crippen LogP contribution is 2.60. The van der Waals surface area contributed by atoms with Gasteiger partial charge in [0, 0.05) is 0 Å². The molecule has 4 bridgehead atoms. The van der Waals surface area contributed by atoms with Gasteiger partial charge in [0.2, 0.25) is 6.10 Å². The van der Waals surface area contributed by atoms with E-state index < -0.39 is 40.4 Å². The lowest BCUT2D eigenvalue weighted by Gasteiger charge is -2.59. The number of rotatable bonds is 7. The van der Waals surface area contributed by atoms with Crippen molar-refractivity contribution in [3.63, 3.8) is 0 Å². The van der Waals surface area contributed by atoms with Gasteiger partial charge in [-0.2, -0.15) is 0 Å². The predicted molar refractivity (Wildman–Crippen MR) is 154 cm³/mol. The molecular weight excluding hydrogens is 484 g/mol. The minimum Gasteiger partial charge on any atom is -0.458 e. The smallest absolute Gasteiger partial charge is 0.355 e. The molecule has 0 spiro atoms. The van der Waals surface area contributed by atoms with Crippen molar-refractivity contribution in [2.24, 2.45) is 34.5 Å². The number of hydrogen-bond acceptors (Lipinski definition) is 7. The van der Waals surface area contributed by atoms with Crippen molar-refractivity contribution < 1.29 is 33.4 Å². The zero-order valence-electron chi connectivity index (χ0n) is 19.9. The van der Waals surface area contributed by atoms with Crippen molar-refractivity contribution in [1.29, 1.82) is 0 Å². The SMILES string of the molecule is C.C.C.C.C.C.CCC(C)(CC(C)(C)C(=O)OC1(C)C2CC3CC(C2)CC1C3)C(=O)OC1CC(=O)OC1=O. The van der Waals surface area contributed by atoms with Crippen molar-refractivity contribution in [2.75, 3.05) is 0 Å². The molecule has 0 N–H and O–H groups in total. The minimum absolute atomic E-state index is 0. The molecule has 0 aromatic heterocycles. The van der Waals surface area contributed by atoms with Gasteiger partial charge in [-0.3, -0.25) is 14.4 Å². The Morgan fingerprint density at radius 2 is 1.34 bits per heavy atom. The monoisotopic (exact) mass is 544 g/mol. The molecular formula is C31H60O7. The normalized spacial score (nSPS) is 31.8. The summed E-state index contributed by atoms with van der Waals surface area (Å²) in [6.45, 7) is 9.31. The second kappa shape index (κ2) is 13.9. The van der Waals surface area contributed by atoms with Gasteiger partial charge in [-0.25, -0.2) is 4.79 Å². The molecule has 4 saturated carbocycles. The molecule has 38 heavy (non-hydrogen) atoms. The van der Waals surface area contributed by atoms with Crippen molar-refractivity contribution in [1.82, 2.24) is 0 Å². The summed E-state index contributed by atoms with van der Waals surface area (Å²) in [4.78, 5) is 49.4. The average Bonchev–Trinajstić information content (AvgIpc) is 3.02. The van der Waals surface area contributed by atoms with E-state index in [2.05, 4.69) is 11.7 Å². The Morgan fingerprint density at radius 1 is 0.868 bits per heavy atom. The molecule has 2 unspecified atom stereocenters. The number of hydrogen-bond donors (Lipinski definition) is 0. The van der Waals surface area contributed by atoms with Gasteiger partial charge in [-0.1, -0.05) is 51.5 Å². The van der Waals surface area contributed by atoms with E-state index in [4.69, 9.17) is 9.47 Å². The molecule has 0 aromatic carbocycles. The average molecular weight is 545 g/mol. The molecule has 5 fully saturated rings. The Bertz CT molecular complexity index is 802. The largest absolute Gasteiger partial charge is 0.458 e. The van der Waals surface area contributed by atoms with Gasteiger partial charge in [0.1, 0.15) is 5.60 Å². The van der Waals surface area contributed by atoms with Crippen molar-refractivity contribution >= 4 is 23.9 Å². The van der Waals surface area contributed by atoms with Crippen LogP contribution in [0, 0.1) is 34.5 Å². The summed E-state index contributed by atoms with van der Waals surface area (Å²) in [6.07, 6.45) is 5.09. The summed E-state index contributed by atoms with van der Waals surface area (Å²) in [5, 5.41) is 0. The van der Waals surface area contributed by atoms with Gasteiger partial charge < -0.3 is 14.2 Å². The Morgan fingerprint density at radius 3 is 1.74 bits per heavy atom. The van der Waals surface area contributed by atoms with Crippen molar-refractivity contribution in [3.8, 4) is 0 Å². The first kappa shape index (κ1) is 40.6.